The van der Waals surface area contributed by atoms with Gasteiger partial charge in [-0.15, -0.1) is 24.8 Å². The fraction of sp³-hybridized carbons (Fsp3) is 0.882. The molecule has 0 saturated carbocycles. The van der Waals surface area contributed by atoms with Crippen LogP contribution >= 0.6 is 24.8 Å². The molecule has 0 aromatic rings. The largest absolute Gasteiger partial charge is 0.392 e. The van der Waals surface area contributed by atoms with Crippen LogP contribution in [0, 0.1) is 11.8 Å². The van der Waals surface area contributed by atoms with Crippen molar-refractivity contribution in [3.63, 3.8) is 0 Å². The molecule has 1 aliphatic rings. The van der Waals surface area contributed by atoms with E-state index in [0.717, 1.165) is 25.9 Å². The Bertz CT molecular complexity index is 417. The molecule has 0 aromatic heterocycles. The maximum absolute atomic E-state index is 12.2. The van der Waals surface area contributed by atoms with Crippen LogP contribution < -0.4 is 11.1 Å². The van der Waals surface area contributed by atoms with Crippen LogP contribution in [-0.4, -0.2) is 78.6 Å². The first-order valence-electron chi connectivity index (χ1n) is 8.88. The van der Waals surface area contributed by atoms with Gasteiger partial charge in [0.15, 0.2) is 0 Å². The highest BCUT2D eigenvalue weighted by Crippen LogP contribution is 2.18. The molecule has 1 rings (SSSR count). The van der Waals surface area contributed by atoms with E-state index in [2.05, 4.69) is 10.2 Å². The van der Waals surface area contributed by atoms with Crippen molar-refractivity contribution >= 4 is 36.6 Å². The smallest absolute Gasteiger partial charge is 0.241 e. The maximum Gasteiger partial charge on any atom is 0.241 e. The molecule has 1 heterocycles. The van der Waals surface area contributed by atoms with Crippen molar-refractivity contribution in [2.45, 2.75) is 45.8 Å². The fourth-order valence-corrected chi connectivity index (χ4v) is 2.93. The standard InChI is InChI=1S/C17H34N4O3.2ClH/c1-12(2)16(18)17(24)19-9-15(23)20(4)11-14-5-7-21(8-6-14)10-13(3)22;;/h12-14,16,22H,5-11,18H2,1-4H3,(H,19,24);2*1H/t13?,16-;;/m0../s1. The van der Waals surface area contributed by atoms with Crippen LogP contribution in [0.25, 0.3) is 0 Å². The summed E-state index contributed by atoms with van der Waals surface area (Å²) in [6, 6.07) is -0.582. The average Bonchev–Trinajstić information content (AvgIpc) is 2.52. The SMILES string of the molecule is CC(O)CN1CCC(CN(C)C(=O)CNC(=O)[C@@H](N)C(C)C)CC1.Cl.Cl. The van der Waals surface area contributed by atoms with E-state index in [-0.39, 0.29) is 55.2 Å². The van der Waals surface area contributed by atoms with Gasteiger partial charge in [0.25, 0.3) is 0 Å². The van der Waals surface area contributed by atoms with Gasteiger partial charge in [-0.3, -0.25) is 9.59 Å². The molecule has 9 heteroatoms. The van der Waals surface area contributed by atoms with E-state index in [0.29, 0.717) is 19.0 Å². The van der Waals surface area contributed by atoms with Gasteiger partial charge >= 0.3 is 0 Å². The Balaban J connectivity index is 0. The average molecular weight is 415 g/mol. The number of hydrogen-bond acceptors (Lipinski definition) is 5. The Morgan fingerprint density at radius 1 is 1.23 bits per heavy atom. The number of hydrogen-bond donors (Lipinski definition) is 3. The van der Waals surface area contributed by atoms with E-state index < -0.39 is 6.04 Å². The van der Waals surface area contributed by atoms with Crippen LogP contribution in [0.1, 0.15) is 33.6 Å². The number of aliphatic hydroxyl groups is 1. The Morgan fingerprint density at radius 2 is 1.77 bits per heavy atom. The third-order valence-corrected chi connectivity index (χ3v) is 4.62. The Labute approximate surface area is 169 Å². The minimum absolute atomic E-state index is 0. The summed E-state index contributed by atoms with van der Waals surface area (Å²) in [4.78, 5) is 27.9. The van der Waals surface area contributed by atoms with Gasteiger partial charge in [-0.25, -0.2) is 0 Å². The number of nitrogens with two attached hydrogens (primary N) is 1. The van der Waals surface area contributed by atoms with Crippen molar-refractivity contribution in [3.8, 4) is 0 Å². The van der Waals surface area contributed by atoms with Crippen LogP contribution in [-0.2, 0) is 9.59 Å². The number of β-amino-alcohol motifs (C(OH)–C–C–N with tert-alkyl or cyclic N) is 1. The van der Waals surface area contributed by atoms with Crippen molar-refractivity contribution in [3.05, 3.63) is 0 Å². The summed E-state index contributed by atoms with van der Waals surface area (Å²) in [5.41, 5.74) is 5.76. The predicted octanol–water partition coefficient (Wildman–Crippen LogP) is 0.481. The summed E-state index contributed by atoms with van der Waals surface area (Å²) >= 11 is 0. The predicted molar refractivity (Wildman–Crippen MR) is 109 cm³/mol. The van der Waals surface area contributed by atoms with Crippen molar-refractivity contribution in [2.75, 3.05) is 39.8 Å². The van der Waals surface area contributed by atoms with E-state index in [1.165, 1.54) is 0 Å². The number of carbonyl (C=O) groups excluding carboxylic acids is 2. The number of nitrogens with one attached hydrogen (secondary N) is 1. The quantitative estimate of drug-likeness (QED) is 0.536. The molecule has 0 bridgehead atoms. The molecule has 156 valence electrons. The minimum atomic E-state index is -0.582. The molecular weight excluding hydrogens is 379 g/mol. The second-order valence-corrected chi connectivity index (χ2v) is 7.35. The van der Waals surface area contributed by atoms with E-state index >= 15 is 0 Å². The van der Waals surface area contributed by atoms with E-state index in [4.69, 9.17) is 5.73 Å². The fourth-order valence-electron chi connectivity index (χ4n) is 2.93. The van der Waals surface area contributed by atoms with Gasteiger partial charge < -0.3 is 26.0 Å². The summed E-state index contributed by atoms with van der Waals surface area (Å²) in [6.45, 7) is 8.88. The van der Waals surface area contributed by atoms with Gasteiger partial charge in [-0.2, -0.15) is 0 Å². The molecule has 0 spiro atoms. The van der Waals surface area contributed by atoms with Gasteiger partial charge in [0.2, 0.25) is 11.8 Å². The van der Waals surface area contributed by atoms with Crippen LogP contribution in [0.2, 0.25) is 0 Å². The summed E-state index contributed by atoms with van der Waals surface area (Å²) in [6.07, 6.45) is 1.75. The molecule has 0 aromatic carbocycles. The van der Waals surface area contributed by atoms with Crippen molar-refractivity contribution in [1.82, 2.24) is 15.1 Å². The zero-order valence-corrected chi connectivity index (χ0v) is 17.9. The maximum atomic E-state index is 12.2. The monoisotopic (exact) mass is 414 g/mol. The number of rotatable bonds is 8. The van der Waals surface area contributed by atoms with Gasteiger partial charge in [0.1, 0.15) is 0 Å². The third-order valence-electron chi connectivity index (χ3n) is 4.62. The lowest BCUT2D eigenvalue weighted by Crippen LogP contribution is -2.48. The molecule has 0 radical (unpaired) electrons. The first-order valence-corrected chi connectivity index (χ1v) is 8.88. The van der Waals surface area contributed by atoms with E-state index in [1.807, 2.05) is 13.8 Å². The first-order chi connectivity index (χ1) is 11.2. The second-order valence-electron chi connectivity index (χ2n) is 7.35. The lowest BCUT2D eigenvalue weighted by Gasteiger charge is -2.34. The summed E-state index contributed by atoms with van der Waals surface area (Å²) in [5, 5.41) is 12.0. The number of nitrogens with zero attached hydrogens (tertiary/aromatic N) is 2. The molecule has 1 fully saturated rings. The molecule has 2 amide bonds. The highest BCUT2D eigenvalue weighted by Gasteiger charge is 2.23. The Morgan fingerprint density at radius 3 is 2.23 bits per heavy atom. The highest BCUT2D eigenvalue weighted by molar-refractivity contribution is 5.87. The highest BCUT2D eigenvalue weighted by atomic mass is 35.5. The van der Waals surface area contributed by atoms with Crippen LogP contribution in [0.5, 0.6) is 0 Å². The van der Waals surface area contributed by atoms with Gasteiger partial charge in [0.05, 0.1) is 18.7 Å². The normalized spacial score (nSPS) is 17.7. The molecule has 7 nitrogen and oxygen atoms in total. The number of piperidine rings is 1. The van der Waals surface area contributed by atoms with Crippen molar-refractivity contribution in [1.29, 1.82) is 0 Å². The lowest BCUT2D eigenvalue weighted by molar-refractivity contribution is -0.133. The number of likely N-dealkylation sites (tertiary alicyclic amines) is 1. The Hall–Kier alpha value is -0.600. The van der Waals surface area contributed by atoms with Crippen LogP contribution in [0.3, 0.4) is 0 Å². The van der Waals surface area contributed by atoms with Crippen LogP contribution in [0.15, 0.2) is 0 Å². The summed E-state index contributed by atoms with van der Waals surface area (Å²) < 4.78 is 0. The van der Waals surface area contributed by atoms with Gasteiger partial charge in [-0.05, 0) is 44.7 Å². The Kier molecular flexibility index (Phi) is 14.4. The number of halogens is 2. The van der Waals surface area contributed by atoms with Gasteiger partial charge in [0, 0.05) is 20.1 Å². The van der Waals surface area contributed by atoms with E-state index in [9.17, 15) is 14.7 Å². The summed E-state index contributed by atoms with van der Waals surface area (Å²) in [5.74, 6) is 0.145. The molecule has 1 saturated heterocycles. The zero-order valence-electron chi connectivity index (χ0n) is 16.3. The number of aliphatic hydroxyl groups excluding tert-OH is 1. The number of likely N-dealkylation sites (N-methyl/N-ethyl adjacent to an activating group) is 1. The van der Waals surface area contributed by atoms with Crippen LogP contribution in [0.4, 0.5) is 0 Å². The number of amides is 2. The van der Waals surface area contributed by atoms with Crippen molar-refractivity contribution < 1.29 is 14.7 Å². The second kappa shape index (κ2) is 13.6. The topological polar surface area (TPSA) is 98.9 Å². The molecule has 26 heavy (non-hydrogen) atoms. The number of carbonyl (C=O) groups is 2. The molecular formula is C17H36Cl2N4O3. The molecule has 1 unspecified atom stereocenters. The van der Waals surface area contributed by atoms with Crippen molar-refractivity contribution in [2.24, 2.45) is 17.6 Å². The molecule has 2 atom stereocenters. The van der Waals surface area contributed by atoms with E-state index in [1.54, 1.807) is 18.9 Å². The first kappa shape index (κ1) is 27.6. The third kappa shape index (κ3) is 9.92. The summed E-state index contributed by atoms with van der Waals surface area (Å²) in [7, 11) is 1.78. The molecule has 0 aliphatic carbocycles. The zero-order chi connectivity index (χ0) is 18.3. The lowest BCUT2D eigenvalue weighted by atomic mass is 9.96. The molecule has 1 aliphatic heterocycles. The van der Waals surface area contributed by atoms with Gasteiger partial charge in [-0.1, -0.05) is 13.8 Å². The minimum Gasteiger partial charge on any atom is -0.392 e. The molecule has 4 N–H and O–H groups in total.